The number of benzene rings is 1. The molecule has 5 nitrogen and oxygen atoms in total. The molecule has 0 aliphatic rings. The monoisotopic (exact) mass is 225 g/mol. The molecule has 0 aliphatic heterocycles. The molecule has 17 heavy (non-hydrogen) atoms. The van der Waals surface area contributed by atoms with Gasteiger partial charge in [0.2, 0.25) is 5.95 Å². The molecule has 2 heterocycles. The van der Waals surface area contributed by atoms with Crippen LogP contribution in [0.25, 0.3) is 22.3 Å². The summed E-state index contributed by atoms with van der Waals surface area (Å²) < 4.78 is 1.98. The molecule has 84 valence electrons. The van der Waals surface area contributed by atoms with E-state index >= 15 is 0 Å². The fourth-order valence-electron chi connectivity index (χ4n) is 1.83. The van der Waals surface area contributed by atoms with Gasteiger partial charge in [0.05, 0.1) is 23.1 Å². The van der Waals surface area contributed by atoms with E-state index in [2.05, 4.69) is 15.0 Å². The first-order chi connectivity index (χ1) is 8.24. The van der Waals surface area contributed by atoms with E-state index in [9.17, 15) is 0 Å². The van der Waals surface area contributed by atoms with Crippen molar-refractivity contribution in [3.63, 3.8) is 0 Å². The van der Waals surface area contributed by atoms with Crippen molar-refractivity contribution >= 4 is 17.0 Å². The van der Waals surface area contributed by atoms with Crippen LogP contribution in [-0.4, -0.2) is 19.5 Å². The summed E-state index contributed by atoms with van der Waals surface area (Å²) >= 11 is 0. The van der Waals surface area contributed by atoms with Crippen molar-refractivity contribution in [2.75, 3.05) is 5.73 Å². The third kappa shape index (κ3) is 1.61. The minimum atomic E-state index is 0.281. The Hall–Kier alpha value is -2.43. The highest BCUT2D eigenvalue weighted by Crippen LogP contribution is 2.21. The molecule has 3 aromatic rings. The third-order valence-electron chi connectivity index (χ3n) is 2.70. The van der Waals surface area contributed by atoms with E-state index in [0.29, 0.717) is 0 Å². The Morgan fingerprint density at radius 3 is 2.88 bits per heavy atom. The van der Waals surface area contributed by atoms with E-state index in [1.165, 1.54) is 0 Å². The van der Waals surface area contributed by atoms with Gasteiger partial charge in [0.15, 0.2) is 0 Å². The number of fused-ring (bicyclic) bond motifs is 1. The average molecular weight is 225 g/mol. The van der Waals surface area contributed by atoms with Crippen LogP contribution >= 0.6 is 0 Å². The van der Waals surface area contributed by atoms with Gasteiger partial charge in [-0.1, -0.05) is 6.07 Å². The molecule has 1 aromatic carbocycles. The first kappa shape index (κ1) is 9.77. The van der Waals surface area contributed by atoms with Gasteiger partial charge in [-0.2, -0.15) is 0 Å². The lowest BCUT2D eigenvalue weighted by molar-refractivity contribution is 0.948. The predicted octanol–water partition coefficient (Wildman–Crippen LogP) is 1.61. The van der Waals surface area contributed by atoms with Gasteiger partial charge in [-0.15, -0.1) is 0 Å². The third-order valence-corrected chi connectivity index (χ3v) is 2.70. The number of aryl methyl sites for hydroxylation is 1. The van der Waals surface area contributed by atoms with Crippen molar-refractivity contribution in [1.29, 1.82) is 0 Å². The van der Waals surface area contributed by atoms with Crippen molar-refractivity contribution in [3.8, 4) is 11.3 Å². The zero-order chi connectivity index (χ0) is 11.8. The molecule has 0 fully saturated rings. The largest absolute Gasteiger partial charge is 0.368 e. The van der Waals surface area contributed by atoms with Crippen LogP contribution in [0.3, 0.4) is 0 Å². The molecular formula is C12H11N5. The van der Waals surface area contributed by atoms with Gasteiger partial charge in [0.1, 0.15) is 0 Å². The molecule has 0 radical (unpaired) electrons. The molecule has 0 saturated carbocycles. The molecule has 2 N–H and O–H groups in total. The van der Waals surface area contributed by atoms with Gasteiger partial charge < -0.3 is 10.3 Å². The number of hydrogen-bond donors (Lipinski definition) is 1. The number of anilines is 1. The van der Waals surface area contributed by atoms with Crippen molar-refractivity contribution < 1.29 is 0 Å². The maximum Gasteiger partial charge on any atom is 0.220 e. The van der Waals surface area contributed by atoms with E-state index in [4.69, 9.17) is 5.73 Å². The van der Waals surface area contributed by atoms with Gasteiger partial charge in [0, 0.05) is 18.8 Å². The van der Waals surface area contributed by atoms with E-state index < -0.39 is 0 Å². The lowest BCUT2D eigenvalue weighted by Crippen LogP contribution is -1.95. The Balaban J connectivity index is 2.18. The molecule has 0 spiro atoms. The Morgan fingerprint density at radius 1 is 1.18 bits per heavy atom. The van der Waals surface area contributed by atoms with Gasteiger partial charge in [0.25, 0.3) is 0 Å². The first-order valence-electron chi connectivity index (χ1n) is 5.24. The summed E-state index contributed by atoms with van der Waals surface area (Å²) in [5, 5.41) is 0. The van der Waals surface area contributed by atoms with E-state index in [-0.39, 0.29) is 5.95 Å². The van der Waals surface area contributed by atoms with Crippen LogP contribution in [0.2, 0.25) is 0 Å². The summed E-state index contributed by atoms with van der Waals surface area (Å²) in [6, 6.07) is 7.86. The van der Waals surface area contributed by atoms with Gasteiger partial charge in [-0.05, 0) is 18.2 Å². The molecule has 3 rings (SSSR count). The van der Waals surface area contributed by atoms with Crippen LogP contribution in [0.5, 0.6) is 0 Å². The average Bonchev–Trinajstić information content (AvgIpc) is 2.71. The summed E-state index contributed by atoms with van der Waals surface area (Å²) in [5.74, 6) is 0.281. The summed E-state index contributed by atoms with van der Waals surface area (Å²) in [5.41, 5.74) is 9.41. The van der Waals surface area contributed by atoms with Crippen molar-refractivity contribution in [1.82, 2.24) is 19.5 Å². The number of nitrogen functional groups attached to an aromatic ring is 1. The highest BCUT2D eigenvalue weighted by Gasteiger charge is 2.04. The molecule has 5 heteroatoms. The molecule has 0 saturated heterocycles. The van der Waals surface area contributed by atoms with Crippen LogP contribution < -0.4 is 5.73 Å². The van der Waals surface area contributed by atoms with Gasteiger partial charge >= 0.3 is 0 Å². The normalized spacial score (nSPS) is 10.9. The topological polar surface area (TPSA) is 69.6 Å². The molecule has 0 amide bonds. The quantitative estimate of drug-likeness (QED) is 0.683. The second-order valence-corrected chi connectivity index (χ2v) is 3.86. The Bertz CT molecular complexity index is 686. The van der Waals surface area contributed by atoms with E-state index in [1.54, 1.807) is 12.5 Å². The number of rotatable bonds is 1. The number of imidazole rings is 1. The predicted molar refractivity (Wildman–Crippen MR) is 66.2 cm³/mol. The van der Waals surface area contributed by atoms with E-state index in [0.717, 1.165) is 22.3 Å². The first-order valence-corrected chi connectivity index (χ1v) is 5.24. The summed E-state index contributed by atoms with van der Waals surface area (Å²) in [6.07, 6.45) is 3.45. The zero-order valence-corrected chi connectivity index (χ0v) is 9.33. The van der Waals surface area contributed by atoms with Crippen molar-refractivity contribution in [2.45, 2.75) is 0 Å². The highest BCUT2D eigenvalue weighted by molar-refractivity contribution is 5.81. The summed E-state index contributed by atoms with van der Waals surface area (Å²) in [7, 11) is 1.97. The lowest BCUT2D eigenvalue weighted by Gasteiger charge is -2.01. The zero-order valence-electron chi connectivity index (χ0n) is 9.33. The maximum atomic E-state index is 5.57. The van der Waals surface area contributed by atoms with Crippen LogP contribution in [0.15, 0.2) is 36.8 Å². The van der Waals surface area contributed by atoms with Gasteiger partial charge in [-0.25, -0.2) is 15.0 Å². The molecule has 2 aromatic heterocycles. The standard InChI is InChI=1S/C12H11N5/c1-17-7-15-10-6-8(2-3-11(10)17)9-4-5-14-12(13)16-9/h2-7H,1H3,(H2,13,14,16). The van der Waals surface area contributed by atoms with Gasteiger partial charge in [-0.3, -0.25) is 0 Å². The van der Waals surface area contributed by atoms with Crippen LogP contribution in [-0.2, 0) is 7.05 Å². The highest BCUT2D eigenvalue weighted by atomic mass is 15.0. The number of aromatic nitrogens is 4. The lowest BCUT2D eigenvalue weighted by atomic mass is 10.1. The van der Waals surface area contributed by atoms with Crippen molar-refractivity contribution in [3.05, 3.63) is 36.8 Å². The molecule has 0 unspecified atom stereocenters. The molecule has 0 aliphatic carbocycles. The fraction of sp³-hybridized carbons (Fsp3) is 0.0833. The van der Waals surface area contributed by atoms with Crippen LogP contribution in [0, 0.1) is 0 Å². The van der Waals surface area contributed by atoms with E-state index in [1.807, 2.05) is 35.9 Å². The second kappa shape index (κ2) is 3.55. The minimum absolute atomic E-state index is 0.281. The molecule has 0 bridgehead atoms. The van der Waals surface area contributed by atoms with Crippen LogP contribution in [0.1, 0.15) is 0 Å². The molecular weight excluding hydrogens is 214 g/mol. The van der Waals surface area contributed by atoms with Crippen LogP contribution in [0.4, 0.5) is 5.95 Å². The van der Waals surface area contributed by atoms with Crippen molar-refractivity contribution in [2.24, 2.45) is 7.05 Å². The second-order valence-electron chi connectivity index (χ2n) is 3.86. The number of nitrogens with zero attached hydrogens (tertiary/aromatic N) is 4. The maximum absolute atomic E-state index is 5.57. The molecule has 0 atom stereocenters. The Kier molecular flexibility index (Phi) is 2.04. The minimum Gasteiger partial charge on any atom is -0.368 e. The summed E-state index contributed by atoms with van der Waals surface area (Å²) in [4.78, 5) is 12.4. The number of nitrogens with two attached hydrogens (primary N) is 1. The Labute approximate surface area is 98.0 Å². The fourth-order valence-corrected chi connectivity index (χ4v) is 1.83. The summed E-state index contributed by atoms with van der Waals surface area (Å²) in [6.45, 7) is 0. The smallest absolute Gasteiger partial charge is 0.220 e. The Morgan fingerprint density at radius 2 is 2.06 bits per heavy atom. The number of hydrogen-bond acceptors (Lipinski definition) is 4. The SMILES string of the molecule is Cn1cnc2cc(-c3ccnc(N)n3)ccc21.